The average molecular weight is 353 g/mol. The van der Waals surface area contributed by atoms with Crippen LogP contribution < -0.4 is 10.6 Å². The molecule has 0 spiro atoms. The fourth-order valence-corrected chi connectivity index (χ4v) is 2.34. The SMILES string of the molecule is O=C(CCc1ncc(-c2ccccc2)o1)NCCNC(=O)c1ccco1. The molecule has 0 fully saturated rings. The van der Waals surface area contributed by atoms with Crippen LogP contribution in [0.15, 0.2) is 63.8 Å². The van der Waals surface area contributed by atoms with Crippen LogP contribution in [0.3, 0.4) is 0 Å². The van der Waals surface area contributed by atoms with E-state index in [9.17, 15) is 9.59 Å². The van der Waals surface area contributed by atoms with E-state index in [-0.39, 0.29) is 24.0 Å². The second-order valence-corrected chi connectivity index (χ2v) is 5.57. The van der Waals surface area contributed by atoms with Gasteiger partial charge in [-0.3, -0.25) is 9.59 Å². The minimum atomic E-state index is -0.308. The highest BCUT2D eigenvalue weighted by molar-refractivity contribution is 5.91. The van der Waals surface area contributed by atoms with Gasteiger partial charge in [0.15, 0.2) is 17.4 Å². The molecule has 0 aliphatic carbocycles. The Hall–Kier alpha value is -3.35. The maximum Gasteiger partial charge on any atom is 0.287 e. The van der Waals surface area contributed by atoms with Crippen molar-refractivity contribution in [3.8, 4) is 11.3 Å². The van der Waals surface area contributed by atoms with E-state index in [1.54, 1.807) is 18.3 Å². The molecule has 2 N–H and O–H groups in total. The van der Waals surface area contributed by atoms with Crippen molar-refractivity contribution in [2.24, 2.45) is 0 Å². The second-order valence-electron chi connectivity index (χ2n) is 5.57. The van der Waals surface area contributed by atoms with Crippen LogP contribution in [0.1, 0.15) is 22.9 Å². The number of hydrogen-bond donors (Lipinski definition) is 2. The molecule has 7 heteroatoms. The predicted molar refractivity (Wildman–Crippen MR) is 94.3 cm³/mol. The largest absolute Gasteiger partial charge is 0.459 e. The number of nitrogens with one attached hydrogen (secondary N) is 2. The zero-order valence-corrected chi connectivity index (χ0v) is 14.1. The molecular formula is C19H19N3O4. The van der Waals surface area contributed by atoms with Crippen LogP contribution in [0.5, 0.6) is 0 Å². The topological polar surface area (TPSA) is 97.4 Å². The maximum absolute atomic E-state index is 11.9. The Kier molecular flexibility index (Phi) is 5.82. The summed E-state index contributed by atoms with van der Waals surface area (Å²) in [6.07, 6.45) is 3.77. The number of rotatable bonds is 8. The maximum atomic E-state index is 11.9. The Morgan fingerprint density at radius 2 is 1.81 bits per heavy atom. The normalized spacial score (nSPS) is 10.5. The number of amides is 2. The Morgan fingerprint density at radius 1 is 1.00 bits per heavy atom. The predicted octanol–water partition coefficient (Wildman–Crippen LogP) is 2.41. The number of aryl methyl sites for hydroxylation is 1. The van der Waals surface area contributed by atoms with Crippen molar-refractivity contribution >= 4 is 11.8 Å². The highest BCUT2D eigenvalue weighted by Crippen LogP contribution is 2.20. The molecule has 0 bridgehead atoms. The number of aromatic nitrogens is 1. The van der Waals surface area contributed by atoms with E-state index in [1.807, 2.05) is 30.3 Å². The molecule has 0 atom stereocenters. The minimum Gasteiger partial charge on any atom is -0.459 e. The van der Waals surface area contributed by atoms with Crippen molar-refractivity contribution in [3.05, 3.63) is 66.6 Å². The Bertz CT molecular complexity index is 841. The quantitative estimate of drug-likeness (QED) is 0.606. The first-order valence-corrected chi connectivity index (χ1v) is 8.31. The molecule has 0 aliphatic heterocycles. The van der Waals surface area contributed by atoms with Gasteiger partial charge in [-0.1, -0.05) is 30.3 Å². The van der Waals surface area contributed by atoms with Crippen LogP contribution in [0.4, 0.5) is 0 Å². The number of carbonyl (C=O) groups excluding carboxylic acids is 2. The van der Waals surface area contributed by atoms with Crippen molar-refractivity contribution in [2.45, 2.75) is 12.8 Å². The highest BCUT2D eigenvalue weighted by atomic mass is 16.4. The molecule has 134 valence electrons. The lowest BCUT2D eigenvalue weighted by atomic mass is 10.2. The third kappa shape index (κ3) is 4.83. The second kappa shape index (κ2) is 8.66. The first kappa shape index (κ1) is 17.5. The van der Waals surface area contributed by atoms with Crippen LogP contribution >= 0.6 is 0 Å². The summed E-state index contributed by atoms with van der Waals surface area (Å²) in [5.41, 5.74) is 0.947. The highest BCUT2D eigenvalue weighted by Gasteiger charge is 2.10. The van der Waals surface area contributed by atoms with E-state index in [0.29, 0.717) is 31.2 Å². The summed E-state index contributed by atoms with van der Waals surface area (Å²) < 4.78 is 10.6. The Balaban J connectivity index is 1.35. The Morgan fingerprint density at radius 3 is 2.58 bits per heavy atom. The van der Waals surface area contributed by atoms with E-state index < -0.39 is 0 Å². The molecule has 7 nitrogen and oxygen atoms in total. The number of nitrogens with zero attached hydrogens (tertiary/aromatic N) is 1. The fourth-order valence-electron chi connectivity index (χ4n) is 2.34. The first-order valence-electron chi connectivity index (χ1n) is 8.31. The van der Waals surface area contributed by atoms with Gasteiger partial charge in [0.25, 0.3) is 5.91 Å². The molecule has 0 saturated heterocycles. The van der Waals surface area contributed by atoms with Crippen molar-refractivity contribution in [3.63, 3.8) is 0 Å². The van der Waals surface area contributed by atoms with Crippen molar-refractivity contribution in [2.75, 3.05) is 13.1 Å². The molecular weight excluding hydrogens is 334 g/mol. The smallest absolute Gasteiger partial charge is 0.287 e. The van der Waals surface area contributed by atoms with Gasteiger partial charge in [-0.15, -0.1) is 0 Å². The van der Waals surface area contributed by atoms with E-state index in [2.05, 4.69) is 15.6 Å². The molecule has 1 aromatic carbocycles. The van der Waals surface area contributed by atoms with Gasteiger partial charge in [-0.25, -0.2) is 4.98 Å². The summed E-state index contributed by atoms with van der Waals surface area (Å²) in [5.74, 6) is 1.01. The lowest BCUT2D eigenvalue weighted by Crippen LogP contribution is -2.34. The van der Waals surface area contributed by atoms with Gasteiger partial charge in [0.1, 0.15) is 0 Å². The van der Waals surface area contributed by atoms with Crippen LogP contribution in [0.25, 0.3) is 11.3 Å². The van der Waals surface area contributed by atoms with Gasteiger partial charge in [-0.05, 0) is 12.1 Å². The van der Waals surface area contributed by atoms with Crippen LogP contribution in [0, 0.1) is 0 Å². The summed E-state index contributed by atoms with van der Waals surface area (Å²) in [5, 5.41) is 5.40. The minimum absolute atomic E-state index is 0.128. The summed E-state index contributed by atoms with van der Waals surface area (Å²) in [6, 6.07) is 12.9. The average Bonchev–Trinajstić information content (AvgIpc) is 3.36. The standard InChI is InChI=1S/C19H19N3O4/c23-17(20-10-11-21-19(24)15-7-4-12-25-15)8-9-18-22-13-16(26-18)14-5-2-1-3-6-14/h1-7,12-13H,8-11H2,(H,20,23)(H,21,24). The fraction of sp³-hybridized carbons (Fsp3) is 0.211. The van der Waals surface area contributed by atoms with E-state index >= 15 is 0 Å². The van der Waals surface area contributed by atoms with E-state index in [4.69, 9.17) is 8.83 Å². The van der Waals surface area contributed by atoms with Gasteiger partial charge < -0.3 is 19.5 Å². The summed E-state index contributed by atoms with van der Waals surface area (Å²) >= 11 is 0. The molecule has 0 saturated carbocycles. The number of hydrogen-bond acceptors (Lipinski definition) is 5. The van der Waals surface area contributed by atoms with E-state index in [1.165, 1.54) is 6.26 Å². The molecule has 2 amide bonds. The molecule has 2 heterocycles. The first-order chi connectivity index (χ1) is 12.7. The third-order valence-electron chi connectivity index (χ3n) is 3.66. The molecule has 0 radical (unpaired) electrons. The van der Waals surface area contributed by atoms with Crippen LogP contribution in [-0.4, -0.2) is 29.9 Å². The van der Waals surface area contributed by atoms with Gasteiger partial charge in [0.05, 0.1) is 12.5 Å². The Labute approximate surface area is 150 Å². The number of oxazole rings is 1. The van der Waals surface area contributed by atoms with Gasteiger partial charge >= 0.3 is 0 Å². The third-order valence-corrected chi connectivity index (χ3v) is 3.66. The number of benzene rings is 1. The van der Waals surface area contributed by atoms with Crippen LogP contribution in [-0.2, 0) is 11.2 Å². The van der Waals surface area contributed by atoms with Crippen LogP contribution in [0.2, 0.25) is 0 Å². The summed E-state index contributed by atoms with van der Waals surface area (Å²) in [6.45, 7) is 0.661. The van der Waals surface area contributed by atoms with Gasteiger partial charge in [0, 0.05) is 31.5 Å². The molecule has 3 rings (SSSR count). The summed E-state index contributed by atoms with van der Waals surface area (Å²) in [7, 11) is 0. The molecule has 0 aliphatic rings. The molecule has 2 aromatic heterocycles. The molecule has 0 unspecified atom stereocenters. The lowest BCUT2D eigenvalue weighted by molar-refractivity contribution is -0.121. The lowest BCUT2D eigenvalue weighted by Gasteiger charge is -2.05. The van der Waals surface area contributed by atoms with Crippen molar-refractivity contribution < 1.29 is 18.4 Å². The zero-order chi connectivity index (χ0) is 18.2. The zero-order valence-electron chi connectivity index (χ0n) is 14.1. The number of carbonyl (C=O) groups is 2. The van der Waals surface area contributed by atoms with Crippen molar-refractivity contribution in [1.29, 1.82) is 0 Å². The molecule has 26 heavy (non-hydrogen) atoms. The molecule has 3 aromatic rings. The number of furan rings is 1. The summed E-state index contributed by atoms with van der Waals surface area (Å²) in [4.78, 5) is 27.7. The van der Waals surface area contributed by atoms with E-state index in [0.717, 1.165) is 5.56 Å². The monoisotopic (exact) mass is 353 g/mol. The van der Waals surface area contributed by atoms with Crippen molar-refractivity contribution in [1.82, 2.24) is 15.6 Å². The van der Waals surface area contributed by atoms with Gasteiger partial charge in [-0.2, -0.15) is 0 Å². The van der Waals surface area contributed by atoms with Gasteiger partial charge in [0.2, 0.25) is 5.91 Å².